The fourth-order valence-corrected chi connectivity index (χ4v) is 2.66. The van der Waals surface area contributed by atoms with Gasteiger partial charge in [-0.3, -0.25) is 4.79 Å². The van der Waals surface area contributed by atoms with E-state index in [0.717, 1.165) is 6.26 Å². The topological polar surface area (TPSA) is 88.2 Å². The lowest BCUT2D eigenvalue weighted by Crippen LogP contribution is -2.27. The van der Waals surface area contributed by atoms with Crippen LogP contribution in [0.25, 0.3) is 0 Å². The van der Waals surface area contributed by atoms with Crippen molar-refractivity contribution in [1.82, 2.24) is 9.10 Å². The summed E-state index contributed by atoms with van der Waals surface area (Å²) < 4.78 is 28.1. The summed E-state index contributed by atoms with van der Waals surface area (Å²) in [6.45, 7) is 3.94. The van der Waals surface area contributed by atoms with Crippen molar-refractivity contribution in [1.29, 1.82) is 0 Å². The molecule has 0 radical (unpaired) electrons. The summed E-state index contributed by atoms with van der Waals surface area (Å²) in [5.74, 6) is -0.0465. The minimum atomic E-state index is -3.17. The Morgan fingerprint density at radius 3 is 2.59 bits per heavy atom. The second-order valence-electron chi connectivity index (χ2n) is 3.62. The number of sulfonamides is 1. The first-order valence-electron chi connectivity index (χ1n) is 4.97. The first-order valence-corrected chi connectivity index (χ1v) is 7.63. The highest BCUT2D eigenvalue weighted by Crippen LogP contribution is 2.24. The fraction of sp³-hybridized carbons (Fsp3) is 0.556. The van der Waals surface area contributed by atoms with Gasteiger partial charge in [0.1, 0.15) is 5.00 Å². The highest BCUT2D eigenvalue weighted by Gasteiger charge is 2.14. The lowest BCUT2D eigenvalue weighted by Gasteiger charge is -2.05. The average molecular weight is 277 g/mol. The number of anilines is 1. The molecule has 1 aromatic heterocycles. The zero-order valence-corrected chi connectivity index (χ0v) is 11.5. The zero-order chi connectivity index (χ0) is 13.1. The smallest absolute Gasteiger partial charge is 0.208 e. The van der Waals surface area contributed by atoms with Crippen molar-refractivity contribution in [3.63, 3.8) is 0 Å². The first kappa shape index (κ1) is 14.1. The van der Waals surface area contributed by atoms with E-state index in [4.69, 9.17) is 0 Å². The number of Topliss-reactive ketones (excluding diaryl/α,β-unsaturated/α-hetero) is 1. The molecule has 8 heteroatoms. The van der Waals surface area contributed by atoms with Gasteiger partial charge in [0, 0.05) is 13.1 Å². The fourth-order valence-electron chi connectivity index (χ4n) is 1.32. The molecule has 0 aliphatic rings. The van der Waals surface area contributed by atoms with Crippen molar-refractivity contribution in [3.8, 4) is 0 Å². The number of aryl methyl sites for hydroxylation is 1. The van der Waals surface area contributed by atoms with Gasteiger partial charge in [0.15, 0.2) is 5.78 Å². The summed E-state index contributed by atoms with van der Waals surface area (Å²) in [6, 6.07) is 0. The van der Waals surface area contributed by atoms with Crippen LogP contribution < -0.4 is 10.0 Å². The minimum Gasteiger partial charge on any atom is -0.374 e. The number of hydrogen-bond donors (Lipinski definition) is 2. The Kier molecular flexibility index (Phi) is 4.61. The third kappa shape index (κ3) is 4.41. The minimum absolute atomic E-state index is 0.0465. The Hall–Kier alpha value is -0.990. The molecule has 1 aromatic rings. The summed E-state index contributed by atoms with van der Waals surface area (Å²) in [4.78, 5) is 11.4. The van der Waals surface area contributed by atoms with Gasteiger partial charge < -0.3 is 5.32 Å². The number of ketones is 1. The van der Waals surface area contributed by atoms with Gasteiger partial charge in [-0.2, -0.15) is 4.37 Å². The number of aromatic nitrogens is 1. The van der Waals surface area contributed by atoms with E-state index in [9.17, 15) is 13.2 Å². The molecule has 0 unspecified atom stereocenters. The van der Waals surface area contributed by atoms with Gasteiger partial charge in [-0.15, -0.1) is 0 Å². The molecular weight excluding hydrogens is 262 g/mol. The molecule has 0 atom stereocenters. The average Bonchev–Trinajstić information content (AvgIpc) is 2.53. The molecule has 6 nitrogen and oxygen atoms in total. The summed E-state index contributed by atoms with van der Waals surface area (Å²) in [7, 11) is -3.17. The Balaban J connectivity index is 2.56. The van der Waals surface area contributed by atoms with E-state index in [-0.39, 0.29) is 12.3 Å². The van der Waals surface area contributed by atoms with E-state index in [0.29, 0.717) is 22.8 Å². The molecule has 0 aliphatic carbocycles. The van der Waals surface area contributed by atoms with Gasteiger partial charge >= 0.3 is 0 Å². The van der Waals surface area contributed by atoms with Crippen molar-refractivity contribution in [2.75, 3.05) is 24.7 Å². The maximum absolute atomic E-state index is 11.4. The molecule has 0 saturated heterocycles. The molecule has 0 fully saturated rings. The van der Waals surface area contributed by atoms with Crippen LogP contribution in [-0.2, 0) is 10.0 Å². The van der Waals surface area contributed by atoms with Gasteiger partial charge in [-0.1, -0.05) is 0 Å². The Bertz CT molecular complexity index is 508. The molecule has 0 saturated carbocycles. The van der Waals surface area contributed by atoms with Crippen molar-refractivity contribution >= 4 is 32.3 Å². The van der Waals surface area contributed by atoms with Crippen LogP contribution >= 0.6 is 11.5 Å². The van der Waals surface area contributed by atoms with Crippen LogP contribution in [0.4, 0.5) is 5.00 Å². The summed E-state index contributed by atoms with van der Waals surface area (Å²) in [5, 5.41) is 3.68. The van der Waals surface area contributed by atoms with Crippen molar-refractivity contribution in [2.45, 2.75) is 13.8 Å². The normalized spacial score (nSPS) is 11.5. The number of nitrogens with zero attached hydrogens (tertiary/aromatic N) is 1. The summed E-state index contributed by atoms with van der Waals surface area (Å²) in [5.41, 5.74) is 1.27. The third-order valence-corrected chi connectivity index (χ3v) is 3.61. The molecule has 0 amide bonds. The molecule has 17 heavy (non-hydrogen) atoms. The molecule has 1 rings (SSSR count). The Morgan fingerprint density at radius 2 is 2.06 bits per heavy atom. The number of carbonyl (C=O) groups excluding carboxylic acids is 1. The number of nitrogens with one attached hydrogen (secondary N) is 2. The van der Waals surface area contributed by atoms with E-state index in [1.807, 2.05) is 0 Å². The summed E-state index contributed by atoms with van der Waals surface area (Å²) >= 11 is 1.20. The molecule has 1 heterocycles. The molecular formula is C9H15N3O3S2. The van der Waals surface area contributed by atoms with Crippen LogP contribution in [0.5, 0.6) is 0 Å². The van der Waals surface area contributed by atoms with Crippen molar-refractivity contribution < 1.29 is 13.2 Å². The van der Waals surface area contributed by atoms with Crippen LogP contribution in [0, 0.1) is 6.92 Å². The van der Waals surface area contributed by atoms with Gasteiger partial charge in [0.2, 0.25) is 10.0 Å². The maximum Gasteiger partial charge on any atom is 0.208 e. The zero-order valence-electron chi connectivity index (χ0n) is 9.90. The predicted octanol–water partition coefficient (Wildman–Crippen LogP) is 0.615. The van der Waals surface area contributed by atoms with E-state index >= 15 is 0 Å². The monoisotopic (exact) mass is 277 g/mol. The van der Waals surface area contributed by atoms with Gasteiger partial charge in [-0.25, -0.2) is 13.1 Å². The van der Waals surface area contributed by atoms with E-state index in [1.54, 1.807) is 6.92 Å². The van der Waals surface area contributed by atoms with Crippen molar-refractivity contribution in [2.24, 2.45) is 0 Å². The largest absolute Gasteiger partial charge is 0.374 e. The lowest BCUT2D eigenvalue weighted by molar-refractivity contribution is 0.101. The standard InChI is InChI=1S/C9H15N3O3S2/c1-6-8(7(2)13)9(16-12-6)10-4-5-11-17(3,14)15/h10-11H,4-5H2,1-3H3. The highest BCUT2D eigenvalue weighted by molar-refractivity contribution is 7.88. The van der Waals surface area contributed by atoms with Gasteiger partial charge in [0.25, 0.3) is 0 Å². The third-order valence-electron chi connectivity index (χ3n) is 1.99. The molecule has 0 aliphatic heterocycles. The second kappa shape index (κ2) is 5.56. The molecule has 96 valence electrons. The predicted molar refractivity (Wildman–Crippen MR) is 68.2 cm³/mol. The lowest BCUT2D eigenvalue weighted by atomic mass is 10.2. The maximum atomic E-state index is 11.4. The number of rotatable bonds is 6. The van der Waals surface area contributed by atoms with E-state index < -0.39 is 10.0 Å². The summed E-state index contributed by atoms with van der Waals surface area (Å²) in [6.07, 6.45) is 1.10. The van der Waals surface area contributed by atoms with Crippen LogP contribution in [0.1, 0.15) is 23.0 Å². The second-order valence-corrected chi connectivity index (χ2v) is 6.23. The molecule has 0 spiro atoms. The van der Waals surface area contributed by atoms with Gasteiger partial charge in [-0.05, 0) is 25.4 Å². The van der Waals surface area contributed by atoms with Crippen molar-refractivity contribution in [3.05, 3.63) is 11.3 Å². The van der Waals surface area contributed by atoms with Crippen LogP contribution in [0.3, 0.4) is 0 Å². The quantitative estimate of drug-likeness (QED) is 0.587. The Labute approximate surface area is 105 Å². The SMILES string of the molecule is CC(=O)c1c(C)nsc1NCCNS(C)(=O)=O. The highest BCUT2D eigenvalue weighted by atomic mass is 32.2. The van der Waals surface area contributed by atoms with Crippen LogP contribution in [0.2, 0.25) is 0 Å². The van der Waals surface area contributed by atoms with E-state index in [2.05, 4.69) is 14.4 Å². The molecule has 0 bridgehead atoms. The van der Waals surface area contributed by atoms with Crippen LogP contribution in [0.15, 0.2) is 0 Å². The van der Waals surface area contributed by atoms with Gasteiger partial charge in [0.05, 0.1) is 17.5 Å². The van der Waals surface area contributed by atoms with Crippen LogP contribution in [-0.4, -0.2) is 37.9 Å². The molecule has 2 N–H and O–H groups in total. The first-order chi connectivity index (χ1) is 7.81. The number of hydrogen-bond acceptors (Lipinski definition) is 6. The Morgan fingerprint density at radius 1 is 1.41 bits per heavy atom. The molecule has 0 aromatic carbocycles. The number of carbonyl (C=O) groups is 1. The van der Waals surface area contributed by atoms with E-state index in [1.165, 1.54) is 18.5 Å².